The van der Waals surface area contributed by atoms with Crippen molar-refractivity contribution in [3.05, 3.63) is 50.9 Å². The van der Waals surface area contributed by atoms with Crippen LogP contribution in [0, 0.1) is 0 Å². The Labute approximate surface area is 148 Å². The molecule has 1 aliphatic rings. The van der Waals surface area contributed by atoms with Crippen LogP contribution < -0.4 is 3.32 Å². The third-order valence-electron chi connectivity index (χ3n) is 2.81. The van der Waals surface area contributed by atoms with Crippen LogP contribution in [0.3, 0.4) is 0 Å². The molecule has 0 spiro atoms. The minimum absolute atomic E-state index is 0. The van der Waals surface area contributed by atoms with Crippen molar-refractivity contribution >= 4 is 36.4 Å². The monoisotopic (exact) mass is 368 g/mol. The fourth-order valence-corrected chi connectivity index (χ4v) is 3.07. The molecule has 0 amide bonds. The Hall–Kier alpha value is 0.0843. The summed E-state index contributed by atoms with van der Waals surface area (Å²) < 4.78 is 7.36. The largest absolute Gasteiger partial charge is 0.147 e. The number of hydrogen-bond acceptors (Lipinski definition) is 1. The van der Waals surface area contributed by atoms with Gasteiger partial charge < -0.3 is 0 Å². The molecule has 20 heavy (non-hydrogen) atoms. The van der Waals surface area contributed by atoms with E-state index in [-0.39, 0.29) is 30.2 Å². The molecule has 0 aromatic heterocycles. The minimum Gasteiger partial charge on any atom is -0.147 e. The van der Waals surface area contributed by atoms with Crippen LogP contribution in [0.15, 0.2) is 40.3 Å². The number of rotatable bonds is 3. The van der Waals surface area contributed by atoms with Crippen LogP contribution in [0.25, 0.3) is 0 Å². The average molecular weight is 370 g/mol. The predicted molar refractivity (Wildman–Crippen MR) is 87.1 cm³/mol. The maximum atomic E-state index is 6.16. The zero-order valence-electron chi connectivity index (χ0n) is 11.8. The molecular formula is C15H19Cl3OTi. The van der Waals surface area contributed by atoms with E-state index in [2.05, 4.69) is 45.1 Å². The second-order valence-electron chi connectivity index (χ2n) is 5.45. The summed E-state index contributed by atoms with van der Waals surface area (Å²) in [7, 11) is 0. The molecular weight excluding hydrogens is 350 g/mol. The van der Waals surface area contributed by atoms with Crippen LogP contribution >= 0.6 is 36.4 Å². The van der Waals surface area contributed by atoms with Crippen molar-refractivity contribution in [2.24, 2.45) is 0 Å². The van der Waals surface area contributed by atoms with E-state index >= 15 is 0 Å². The summed E-state index contributed by atoms with van der Waals surface area (Å²) in [5.74, 6) is 0.903. The van der Waals surface area contributed by atoms with Gasteiger partial charge in [0.05, 0.1) is 0 Å². The van der Waals surface area contributed by atoms with E-state index in [0.29, 0.717) is 0 Å². The number of allylic oxidation sites excluding steroid dienone is 4. The normalized spacial score (nSPS) is 13.1. The molecule has 5 heteroatoms. The maximum absolute atomic E-state index is 6.16. The Kier molecular flexibility index (Phi) is 8.54. The summed E-state index contributed by atoms with van der Waals surface area (Å²) in [6.45, 7) is 6.55. The molecule has 0 bridgehead atoms. The Balaban J connectivity index is 0.00000180. The van der Waals surface area contributed by atoms with Gasteiger partial charge in [0.1, 0.15) is 0 Å². The average Bonchev–Trinajstić information content (AvgIpc) is 2.77. The molecule has 1 nitrogen and oxygen atoms in total. The molecule has 0 fully saturated rings. The third kappa shape index (κ3) is 5.83. The molecule has 1 aromatic carbocycles. The quantitative estimate of drug-likeness (QED) is 0.621. The van der Waals surface area contributed by atoms with Crippen molar-refractivity contribution in [1.29, 1.82) is 0 Å². The van der Waals surface area contributed by atoms with E-state index in [4.69, 9.17) is 14.9 Å². The molecule has 1 aromatic rings. The van der Waals surface area contributed by atoms with Crippen molar-refractivity contribution in [3.8, 4) is 5.75 Å². The second-order valence-corrected chi connectivity index (χ2v) is 7.53. The molecule has 110 valence electrons. The number of benzene rings is 1. The Morgan fingerprint density at radius 1 is 1.15 bits per heavy atom. The van der Waals surface area contributed by atoms with Gasteiger partial charge in [-0.2, -0.15) is 0 Å². The zero-order valence-corrected chi connectivity index (χ0v) is 15.7. The van der Waals surface area contributed by atoms with E-state index in [1.165, 1.54) is 9.44 Å². The van der Waals surface area contributed by atoms with Gasteiger partial charge in [0, 0.05) is 0 Å². The standard InChI is InChI=1S/C10H13ClO.C5H5.2ClH.Ti/c1-10(2,3)7-4-8(11)6-9(12)5-7;1-2-4-5-3-1;;;/h4-6,12H,1-3H3;1-3H,4H2;2*1H;/q;;;;+1/p-1. The van der Waals surface area contributed by atoms with Crippen molar-refractivity contribution in [1.82, 2.24) is 0 Å². The van der Waals surface area contributed by atoms with Gasteiger partial charge in [-0.25, -0.2) is 0 Å². The smallest absolute Gasteiger partial charge is 0.147 e. The van der Waals surface area contributed by atoms with Gasteiger partial charge in [-0.3, -0.25) is 0 Å². The summed E-state index contributed by atoms with van der Waals surface area (Å²) in [6.07, 6.45) is 7.48. The molecule has 0 heterocycles. The van der Waals surface area contributed by atoms with Crippen molar-refractivity contribution in [2.75, 3.05) is 0 Å². The fourth-order valence-electron chi connectivity index (χ4n) is 1.70. The summed E-state index contributed by atoms with van der Waals surface area (Å²) >= 11 is 5.64. The maximum Gasteiger partial charge on any atom is -0.147 e. The van der Waals surface area contributed by atoms with Crippen LogP contribution in [0.5, 0.6) is 5.75 Å². The van der Waals surface area contributed by atoms with E-state index in [9.17, 15) is 0 Å². The Morgan fingerprint density at radius 2 is 1.85 bits per heavy atom. The van der Waals surface area contributed by atoms with Gasteiger partial charge in [0.15, 0.2) is 0 Å². The third-order valence-corrected chi connectivity index (χ3v) is 4.54. The van der Waals surface area contributed by atoms with Crippen LogP contribution in [0.1, 0.15) is 32.8 Å². The second kappa shape index (κ2) is 8.51. The van der Waals surface area contributed by atoms with E-state index < -0.39 is 19.5 Å². The Morgan fingerprint density at radius 3 is 2.40 bits per heavy atom. The van der Waals surface area contributed by atoms with Gasteiger partial charge in [-0.05, 0) is 0 Å². The molecule has 0 aliphatic heterocycles. The summed E-state index contributed by atoms with van der Waals surface area (Å²) in [4.78, 5) is 0. The van der Waals surface area contributed by atoms with Crippen molar-refractivity contribution in [3.63, 3.8) is 0 Å². The first-order chi connectivity index (χ1) is 8.45. The van der Waals surface area contributed by atoms with Crippen molar-refractivity contribution in [2.45, 2.75) is 32.6 Å². The number of halogens is 3. The number of hydrogen-bond donors (Lipinski definition) is 0. The first-order valence-corrected chi connectivity index (χ1v) is 7.84. The molecule has 0 unspecified atom stereocenters. The molecule has 0 saturated heterocycles. The molecule has 0 radical (unpaired) electrons. The van der Waals surface area contributed by atoms with Gasteiger partial charge in [-0.15, -0.1) is 24.8 Å². The van der Waals surface area contributed by atoms with E-state index in [0.717, 1.165) is 17.2 Å². The summed E-state index contributed by atoms with van der Waals surface area (Å²) in [5, 5.41) is 0.752. The first kappa shape index (κ1) is 20.1. The topological polar surface area (TPSA) is 9.23 Å². The zero-order chi connectivity index (χ0) is 13.2. The van der Waals surface area contributed by atoms with Crippen LogP contribution in [-0.2, 0) is 25.0 Å². The molecule has 0 atom stereocenters. The molecule has 2 rings (SSSR count). The predicted octanol–water partition coefficient (Wildman–Crippen LogP) is 5.70. The van der Waals surface area contributed by atoms with Crippen LogP contribution in [0.4, 0.5) is 0 Å². The Bertz CT molecular complexity index is 504. The van der Waals surface area contributed by atoms with E-state index in [1.54, 1.807) is 0 Å². The van der Waals surface area contributed by atoms with Gasteiger partial charge >= 0.3 is 124 Å². The SMILES string of the molecule is CC(C)(C)c1cc(Cl)cc([O][Ti][C]2=CC=CC2)c1.Cl.Cl. The van der Waals surface area contributed by atoms with Crippen LogP contribution in [-0.4, -0.2) is 0 Å². The van der Waals surface area contributed by atoms with Gasteiger partial charge in [0.2, 0.25) is 0 Å². The fraction of sp³-hybridized carbons (Fsp3) is 0.333. The van der Waals surface area contributed by atoms with Crippen LogP contribution in [0.2, 0.25) is 5.02 Å². The minimum atomic E-state index is -0.518. The van der Waals surface area contributed by atoms with Gasteiger partial charge in [0.25, 0.3) is 0 Å². The molecule has 1 aliphatic carbocycles. The molecule has 0 saturated carbocycles. The summed E-state index contributed by atoms with van der Waals surface area (Å²) in [6, 6.07) is 6.03. The van der Waals surface area contributed by atoms with E-state index in [1.807, 2.05) is 12.1 Å². The van der Waals surface area contributed by atoms with Crippen molar-refractivity contribution < 1.29 is 22.9 Å². The molecule has 0 N–H and O–H groups in total. The van der Waals surface area contributed by atoms with Gasteiger partial charge in [-0.1, -0.05) is 0 Å². The first-order valence-electron chi connectivity index (χ1n) is 6.05. The summed E-state index contributed by atoms with van der Waals surface area (Å²) in [5.41, 5.74) is 1.31.